The highest BCUT2D eigenvalue weighted by Crippen LogP contribution is 2.16. The van der Waals surface area contributed by atoms with E-state index in [1.54, 1.807) is 0 Å². The maximum absolute atomic E-state index is 12.0. The Morgan fingerprint density at radius 3 is 2.44 bits per heavy atom. The van der Waals surface area contributed by atoms with Gasteiger partial charge in [-0.1, -0.05) is 44.2 Å². The summed E-state index contributed by atoms with van der Waals surface area (Å²) < 4.78 is 5.67. The number of ether oxygens (including phenoxy) is 1. The second kappa shape index (κ2) is 10.5. The summed E-state index contributed by atoms with van der Waals surface area (Å²) in [5, 5.41) is 6.05. The third-order valence-electron chi connectivity index (χ3n) is 3.82. The van der Waals surface area contributed by atoms with Gasteiger partial charge in [0.2, 0.25) is 5.91 Å². The van der Waals surface area contributed by atoms with Gasteiger partial charge in [0, 0.05) is 5.69 Å². The van der Waals surface area contributed by atoms with Gasteiger partial charge in [0.1, 0.15) is 5.75 Å². The quantitative estimate of drug-likeness (QED) is 0.645. The molecule has 0 heterocycles. The molecule has 0 saturated carbocycles. The molecule has 134 valence electrons. The van der Waals surface area contributed by atoms with E-state index in [1.165, 1.54) is 5.56 Å². The molecule has 0 bridgehead atoms. The van der Waals surface area contributed by atoms with Crippen molar-refractivity contribution in [1.29, 1.82) is 0 Å². The molecule has 0 radical (unpaired) electrons. The van der Waals surface area contributed by atoms with Crippen LogP contribution in [0.2, 0.25) is 0 Å². The molecule has 0 aliphatic rings. The van der Waals surface area contributed by atoms with Crippen LogP contribution in [0, 0.1) is 5.92 Å². The van der Waals surface area contributed by atoms with Crippen LogP contribution in [0.4, 0.5) is 5.69 Å². The third-order valence-corrected chi connectivity index (χ3v) is 3.82. The first-order chi connectivity index (χ1) is 12.1. The Balaban J connectivity index is 1.64. The molecule has 1 amide bonds. The van der Waals surface area contributed by atoms with Crippen molar-refractivity contribution in [2.24, 2.45) is 5.92 Å². The summed E-state index contributed by atoms with van der Waals surface area (Å²) in [4.78, 5) is 12.0. The normalized spacial score (nSPS) is 10.7. The number of benzene rings is 2. The van der Waals surface area contributed by atoms with Crippen LogP contribution in [0.25, 0.3) is 0 Å². The predicted molar refractivity (Wildman–Crippen MR) is 103 cm³/mol. The summed E-state index contributed by atoms with van der Waals surface area (Å²) in [6.07, 6.45) is 1.95. The topological polar surface area (TPSA) is 50.4 Å². The number of hydrogen-bond acceptors (Lipinski definition) is 3. The van der Waals surface area contributed by atoms with Crippen LogP contribution in [0.5, 0.6) is 5.75 Å². The number of carbonyl (C=O) groups is 1. The van der Waals surface area contributed by atoms with E-state index in [0.717, 1.165) is 30.8 Å². The first-order valence-corrected chi connectivity index (χ1v) is 8.91. The molecule has 2 aromatic carbocycles. The van der Waals surface area contributed by atoms with Gasteiger partial charge in [-0.2, -0.15) is 0 Å². The van der Waals surface area contributed by atoms with Gasteiger partial charge < -0.3 is 15.4 Å². The van der Waals surface area contributed by atoms with Crippen LogP contribution in [-0.4, -0.2) is 25.6 Å². The van der Waals surface area contributed by atoms with Crippen LogP contribution in [0.3, 0.4) is 0 Å². The Morgan fingerprint density at radius 1 is 1.04 bits per heavy atom. The van der Waals surface area contributed by atoms with Gasteiger partial charge in [-0.3, -0.25) is 4.79 Å². The second-order valence-electron chi connectivity index (χ2n) is 6.52. The fraction of sp³-hybridized carbons (Fsp3) is 0.381. The molecule has 2 aromatic rings. The summed E-state index contributed by atoms with van der Waals surface area (Å²) in [6.45, 7) is 6.15. The highest BCUT2D eigenvalue weighted by Gasteiger charge is 2.03. The van der Waals surface area contributed by atoms with Crippen LogP contribution >= 0.6 is 0 Å². The van der Waals surface area contributed by atoms with E-state index in [9.17, 15) is 4.79 Å². The van der Waals surface area contributed by atoms with Crippen molar-refractivity contribution in [3.63, 3.8) is 0 Å². The molecule has 25 heavy (non-hydrogen) atoms. The van der Waals surface area contributed by atoms with Gasteiger partial charge >= 0.3 is 0 Å². The van der Waals surface area contributed by atoms with Crippen molar-refractivity contribution < 1.29 is 9.53 Å². The van der Waals surface area contributed by atoms with Gasteiger partial charge in [0.25, 0.3) is 0 Å². The van der Waals surface area contributed by atoms with Crippen LogP contribution in [0.1, 0.15) is 25.8 Å². The first-order valence-electron chi connectivity index (χ1n) is 8.91. The Kier molecular flexibility index (Phi) is 7.99. The molecule has 0 atom stereocenters. The number of rotatable bonds is 10. The Morgan fingerprint density at radius 2 is 1.76 bits per heavy atom. The van der Waals surface area contributed by atoms with Crippen molar-refractivity contribution in [2.45, 2.75) is 26.7 Å². The lowest BCUT2D eigenvalue weighted by Crippen LogP contribution is -2.29. The number of amides is 1. The highest BCUT2D eigenvalue weighted by atomic mass is 16.5. The molecule has 0 spiro atoms. The van der Waals surface area contributed by atoms with Gasteiger partial charge in [-0.15, -0.1) is 0 Å². The number of hydrogen-bond donors (Lipinski definition) is 2. The van der Waals surface area contributed by atoms with E-state index in [2.05, 4.69) is 36.6 Å². The molecule has 0 unspecified atom stereocenters. The first kappa shape index (κ1) is 19.0. The minimum Gasteiger partial charge on any atom is -0.494 e. The average Bonchev–Trinajstić information content (AvgIpc) is 2.61. The SMILES string of the molecule is CC(C)CCOc1ccc(NC(=O)CNCCc2ccccc2)cc1. The van der Waals surface area contributed by atoms with Gasteiger partial charge in [0.15, 0.2) is 0 Å². The molecule has 0 fully saturated rings. The lowest BCUT2D eigenvalue weighted by atomic mass is 10.1. The number of nitrogens with one attached hydrogen (secondary N) is 2. The standard InChI is InChI=1S/C21H28N2O2/c1-17(2)13-15-25-20-10-8-19(9-11-20)23-21(24)16-22-14-12-18-6-4-3-5-7-18/h3-11,17,22H,12-16H2,1-2H3,(H,23,24). The Labute approximate surface area is 150 Å². The van der Waals surface area contributed by atoms with E-state index in [1.807, 2.05) is 42.5 Å². The van der Waals surface area contributed by atoms with Crippen molar-refractivity contribution in [3.8, 4) is 5.75 Å². The molecule has 0 saturated heterocycles. The monoisotopic (exact) mass is 340 g/mol. The zero-order valence-electron chi connectivity index (χ0n) is 15.1. The lowest BCUT2D eigenvalue weighted by Gasteiger charge is -2.10. The van der Waals surface area contributed by atoms with Crippen molar-refractivity contribution >= 4 is 11.6 Å². The van der Waals surface area contributed by atoms with Crippen LogP contribution in [-0.2, 0) is 11.2 Å². The van der Waals surface area contributed by atoms with E-state index in [-0.39, 0.29) is 5.91 Å². The van der Waals surface area contributed by atoms with E-state index in [0.29, 0.717) is 19.1 Å². The number of anilines is 1. The molecule has 0 aliphatic heterocycles. The lowest BCUT2D eigenvalue weighted by molar-refractivity contribution is -0.115. The van der Waals surface area contributed by atoms with Gasteiger partial charge in [-0.25, -0.2) is 0 Å². The minimum atomic E-state index is -0.0402. The largest absolute Gasteiger partial charge is 0.494 e. The minimum absolute atomic E-state index is 0.0402. The smallest absolute Gasteiger partial charge is 0.238 e. The van der Waals surface area contributed by atoms with Gasteiger partial charge in [-0.05, 0) is 55.1 Å². The van der Waals surface area contributed by atoms with Gasteiger partial charge in [0.05, 0.1) is 13.2 Å². The molecule has 2 N–H and O–H groups in total. The van der Waals surface area contributed by atoms with Crippen LogP contribution in [0.15, 0.2) is 54.6 Å². The number of carbonyl (C=O) groups excluding carboxylic acids is 1. The molecular formula is C21H28N2O2. The Hall–Kier alpha value is -2.33. The Bertz CT molecular complexity index is 624. The van der Waals surface area contributed by atoms with Crippen molar-refractivity contribution in [3.05, 3.63) is 60.2 Å². The average molecular weight is 340 g/mol. The van der Waals surface area contributed by atoms with Crippen molar-refractivity contribution in [2.75, 3.05) is 25.0 Å². The second-order valence-corrected chi connectivity index (χ2v) is 6.52. The fourth-order valence-electron chi connectivity index (χ4n) is 2.33. The fourth-order valence-corrected chi connectivity index (χ4v) is 2.33. The zero-order valence-corrected chi connectivity index (χ0v) is 15.1. The van der Waals surface area contributed by atoms with E-state index >= 15 is 0 Å². The summed E-state index contributed by atoms with van der Waals surface area (Å²) in [6, 6.07) is 17.7. The maximum Gasteiger partial charge on any atom is 0.238 e. The van der Waals surface area contributed by atoms with E-state index in [4.69, 9.17) is 4.74 Å². The van der Waals surface area contributed by atoms with Crippen molar-refractivity contribution in [1.82, 2.24) is 5.32 Å². The molecule has 0 aliphatic carbocycles. The third kappa shape index (κ3) is 7.86. The van der Waals surface area contributed by atoms with E-state index < -0.39 is 0 Å². The molecule has 2 rings (SSSR count). The predicted octanol–water partition coefficient (Wildman–Crippen LogP) is 3.88. The molecular weight excluding hydrogens is 312 g/mol. The zero-order chi connectivity index (χ0) is 17.9. The molecule has 4 nitrogen and oxygen atoms in total. The highest BCUT2D eigenvalue weighted by molar-refractivity contribution is 5.92. The molecule has 0 aromatic heterocycles. The molecule has 4 heteroatoms. The summed E-state index contributed by atoms with van der Waals surface area (Å²) in [5.41, 5.74) is 2.05. The summed E-state index contributed by atoms with van der Waals surface area (Å²) >= 11 is 0. The maximum atomic E-state index is 12.0. The summed E-state index contributed by atoms with van der Waals surface area (Å²) in [7, 11) is 0. The summed E-state index contributed by atoms with van der Waals surface area (Å²) in [5.74, 6) is 1.43. The van der Waals surface area contributed by atoms with Crippen LogP contribution < -0.4 is 15.4 Å².